The Kier molecular flexibility index (Phi) is 4.62. The van der Waals surface area contributed by atoms with Crippen molar-refractivity contribution < 1.29 is 9.18 Å². The molecule has 1 saturated carbocycles. The number of piperazine rings is 1. The number of aryl methyl sites for hydroxylation is 1. The Balaban J connectivity index is 1.37. The van der Waals surface area contributed by atoms with E-state index >= 15 is 0 Å². The lowest BCUT2D eigenvalue weighted by molar-refractivity contribution is -0.132. The van der Waals surface area contributed by atoms with E-state index in [2.05, 4.69) is 11.8 Å². The maximum atomic E-state index is 13.9. The molecule has 1 saturated heterocycles. The van der Waals surface area contributed by atoms with Crippen LogP contribution in [0.25, 0.3) is 0 Å². The molecule has 2 unspecified atom stereocenters. The summed E-state index contributed by atoms with van der Waals surface area (Å²) in [6.07, 6.45) is 0.757. The van der Waals surface area contributed by atoms with Crippen molar-refractivity contribution in [1.82, 2.24) is 4.90 Å². The van der Waals surface area contributed by atoms with Crippen LogP contribution in [0.15, 0.2) is 42.5 Å². The van der Waals surface area contributed by atoms with Gasteiger partial charge >= 0.3 is 0 Å². The second-order valence-electron chi connectivity index (χ2n) is 7.21. The number of halogens is 2. The van der Waals surface area contributed by atoms with E-state index in [1.54, 1.807) is 12.1 Å². The predicted octanol–water partition coefficient (Wildman–Crippen LogP) is 4.24. The smallest absolute Gasteiger partial charge is 0.226 e. The van der Waals surface area contributed by atoms with Gasteiger partial charge in [-0.05, 0) is 48.6 Å². The first-order chi connectivity index (χ1) is 12.5. The molecule has 3 nitrogen and oxygen atoms in total. The van der Waals surface area contributed by atoms with Crippen LogP contribution in [0.5, 0.6) is 0 Å². The van der Waals surface area contributed by atoms with Crippen molar-refractivity contribution in [2.24, 2.45) is 5.92 Å². The van der Waals surface area contributed by atoms with E-state index < -0.39 is 0 Å². The number of hydrogen-bond donors (Lipinski definition) is 0. The Hall–Kier alpha value is -2.07. The van der Waals surface area contributed by atoms with Gasteiger partial charge in [0.25, 0.3) is 0 Å². The van der Waals surface area contributed by atoms with Crippen LogP contribution in [0.4, 0.5) is 10.1 Å². The minimum atomic E-state index is -0.200. The van der Waals surface area contributed by atoms with Crippen LogP contribution in [-0.4, -0.2) is 37.0 Å². The molecule has 2 fully saturated rings. The fraction of sp³-hybridized carbons (Fsp3) is 0.381. The minimum absolute atomic E-state index is 0.0388. The maximum Gasteiger partial charge on any atom is 0.226 e. The predicted molar refractivity (Wildman–Crippen MR) is 102 cm³/mol. The summed E-state index contributed by atoms with van der Waals surface area (Å²) in [6.45, 7) is 5.07. The van der Waals surface area contributed by atoms with Crippen molar-refractivity contribution >= 4 is 23.2 Å². The van der Waals surface area contributed by atoms with Crippen LogP contribution in [0.3, 0.4) is 0 Å². The first-order valence-corrected chi connectivity index (χ1v) is 9.46. The third-order valence-corrected chi connectivity index (χ3v) is 5.75. The van der Waals surface area contributed by atoms with Crippen LogP contribution >= 0.6 is 11.6 Å². The monoisotopic (exact) mass is 372 g/mol. The highest BCUT2D eigenvalue weighted by Crippen LogP contribution is 2.49. The maximum absolute atomic E-state index is 13.9. The normalized spacial score (nSPS) is 22.4. The van der Waals surface area contributed by atoms with E-state index in [0.717, 1.165) is 30.2 Å². The first kappa shape index (κ1) is 17.3. The van der Waals surface area contributed by atoms with Crippen molar-refractivity contribution in [3.63, 3.8) is 0 Å². The summed E-state index contributed by atoms with van der Waals surface area (Å²) in [4.78, 5) is 17.0. The van der Waals surface area contributed by atoms with Gasteiger partial charge < -0.3 is 9.80 Å². The fourth-order valence-electron chi connectivity index (χ4n) is 3.91. The number of hydrogen-bond acceptors (Lipinski definition) is 2. The molecule has 0 radical (unpaired) electrons. The summed E-state index contributed by atoms with van der Waals surface area (Å²) in [5.41, 5.74) is 3.01. The molecule has 0 aromatic heterocycles. The molecule has 1 aliphatic heterocycles. The van der Waals surface area contributed by atoms with Crippen molar-refractivity contribution in [2.75, 3.05) is 31.1 Å². The van der Waals surface area contributed by atoms with Crippen LogP contribution in [0, 0.1) is 18.7 Å². The van der Waals surface area contributed by atoms with Crippen molar-refractivity contribution in [3.8, 4) is 0 Å². The quantitative estimate of drug-likeness (QED) is 0.804. The van der Waals surface area contributed by atoms with Gasteiger partial charge in [-0.15, -0.1) is 0 Å². The van der Waals surface area contributed by atoms with Crippen LogP contribution in [-0.2, 0) is 4.79 Å². The van der Waals surface area contributed by atoms with Gasteiger partial charge in [-0.25, -0.2) is 4.39 Å². The van der Waals surface area contributed by atoms with Gasteiger partial charge in [0.2, 0.25) is 5.91 Å². The van der Waals surface area contributed by atoms with Crippen molar-refractivity contribution in [1.29, 1.82) is 0 Å². The van der Waals surface area contributed by atoms with Crippen molar-refractivity contribution in [3.05, 3.63) is 64.4 Å². The van der Waals surface area contributed by atoms with Gasteiger partial charge in [0.05, 0.1) is 0 Å². The lowest BCUT2D eigenvalue weighted by atomic mass is 10.1. The molecule has 0 spiro atoms. The van der Waals surface area contributed by atoms with Crippen LogP contribution in [0.2, 0.25) is 5.02 Å². The van der Waals surface area contributed by atoms with Gasteiger partial charge in [-0.2, -0.15) is 0 Å². The molecule has 136 valence electrons. The Labute approximate surface area is 158 Å². The summed E-state index contributed by atoms with van der Waals surface area (Å²) in [5, 5.41) is 0.731. The van der Waals surface area contributed by atoms with Gasteiger partial charge in [0.15, 0.2) is 0 Å². The highest BCUT2D eigenvalue weighted by atomic mass is 35.5. The van der Waals surface area contributed by atoms with Crippen LogP contribution < -0.4 is 4.90 Å². The lowest BCUT2D eigenvalue weighted by Crippen LogP contribution is -2.49. The van der Waals surface area contributed by atoms with Crippen LogP contribution in [0.1, 0.15) is 23.5 Å². The second-order valence-corrected chi connectivity index (χ2v) is 7.65. The van der Waals surface area contributed by atoms with E-state index in [-0.39, 0.29) is 23.6 Å². The molecule has 2 atom stereocenters. The Bertz CT molecular complexity index is 833. The number of nitrogens with zero attached hydrogens (tertiary/aromatic N) is 2. The lowest BCUT2D eigenvalue weighted by Gasteiger charge is -2.37. The topological polar surface area (TPSA) is 23.6 Å². The molecule has 2 aromatic rings. The molecule has 1 amide bonds. The standard InChI is InChI=1S/C21H22ClFN2O/c1-14-6-7-15(22)12-20(14)24-8-10-25(11-9-24)21(26)18-13-17(18)16-4-2-3-5-19(16)23/h2-7,12,17-18H,8-11,13H2,1H3. The zero-order chi connectivity index (χ0) is 18.3. The number of benzene rings is 2. The van der Waals surface area contributed by atoms with E-state index in [1.807, 2.05) is 29.2 Å². The van der Waals surface area contributed by atoms with E-state index in [4.69, 9.17) is 11.6 Å². The average Bonchev–Trinajstić information content (AvgIpc) is 3.44. The minimum Gasteiger partial charge on any atom is -0.368 e. The molecule has 4 rings (SSSR count). The molecule has 5 heteroatoms. The van der Waals surface area contributed by atoms with E-state index in [1.165, 1.54) is 11.6 Å². The largest absolute Gasteiger partial charge is 0.368 e. The Morgan fingerprint density at radius 2 is 1.85 bits per heavy atom. The third kappa shape index (κ3) is 3.30. The highest BCUT2D eigenvalue weighted by molar-refractivity contribution is 6.30. The third-order valence-electron chi connectivity index (χ3n) is 5.52. The highest BCUT2D eigenvalue weighted by Gasteiger charge is 2.47. The molecule has 2 aliphatic rings. The number of rotatable bonds is 3. The summed E-state index contributed by atoms with van der Waals surface area (Å²) in [6, 6.07) is 12.7. The molecular weight excluding hydrogens is 351 g/mol. The number of carbonyl (C=O) groups is 1. The van der Waals surface area contributed by atoms with E-state index in [0.29, 0.717) is 18.7 Å². The fourth-order valence-corrected chi connectivity index (χ4v) is 4.08. The Morgan fingerprint density at radius 3 is 2.58 bits per heavy atom. The van der Waals surface area contributed by atoms with Gasteiger partial charge in [0, 0.05) is 42.8 Å². The molecular formula is C21H22ClFN2O. The molecule has 1 aliphatic carbocycles. The molecule has 2 aromatic carbocycles. The van der Waals surface area contributed by atoms with Crippen molar-refractivity contribution in [2.45, 2.75) is 19.3 Å². The SMILES string of the molecule is Cc1ccc(Cl)cc1N1CCN(C(=O)C2CC2c2ccccc2F)CC1. The first-order valence-electron chi connectivity index (χ1n) is 9.09. The summed E-state index contributed by atoms with van der Waals surface area (Å²) in [7, 11) is 0. The number of amides is 1. The summed E-state index contributed by atoms with van der Waals surface area (Å²) >= 11 is 6.13. The molecule has 0 bridgehead atoms. The summed E-state index contributed by atoms with van der Waals surface area (Å²) in [5.74, 6) is -0.0574. The molecule has 26 heavy (non-hydrogen) atoms. The molecule has 0 N–H and O–H groups in total. The zero-order valence-electron chi connectivity index (χ0n) is 14.8. The number of carbonyl (C=O) groups excluding carboxylic acids is 1. The Morgan fingerprint density at radius 1 is 1.12 bits per heavy atom. The second kappa shape index (κ2) is 6.92. The number of anilines is 1. The van der Waals surface area contributed by atoms with Gasteiger partial charge in [0.1, 0.15) is 5.82 Å². The van der Waals surface area contributed by atoms with E-state index in [9.17, 15) is 9.18 Å². The summed E-state index contributed by atoms with van der Waals surface area (Å²) < 4.78 is 13.9. The average molecular weight is 373 g/mol. The molecule has 1 heterocycles. The zero-order valence-corrected chi connectivity index (χ0v) is 15.5. The van der Waals surface area contributed by atoms with Gasteiger partial charge in [-0.3, -0.25) is 4.79 Å². The van der Waals surface area contributed by atoms with Gasteiger partial charge in [-0.1, -0.05) is 35.9 Å².